The summed E-state index contributed by atoms with van der Waals surface area (Å²) in [6.45, 7) is 5.33. The molecule has 0 aromatic heterocycles. The second-order valence-electron chi connectivity index (χ2n) is 5.50. The van der Waals surface area contributed by atoms with E-state index in [1.165, 1.54) is 0 Å². The number of phenols is 1. The molecule has 0 aliphatic carbocycles. The van der Waals surface area contributed by atoms with Crippen molar-refractivity contribution in [1.82, 2.24) is 5.32 Å². The summed E-state index contributed by atoms with van der Waals surface area (Å²) in [7, 11) is 0. The number of carbonyl (C=O) groups is 1. The van der Waals surface area contributed by atoms with Crippen molar-refractivity contribution in [2.45, 2.75) is 13.8 Å². The number of thiocarbonyl (C=S) groups is 1. The van der Waals surface area contributed by atoms with Crippen molar-refractivity contribution < 1.29 is 19.4 Å². The van der Waals surface area contributed by atoms with Crippen molar-refractivity contribution in [2.24, 2.45) is 0 Å². The van der Waals surface area contributed by atoms with E-state index in [0.717, 1.165) is 5.56 Å². The Bertz CT molecular complexity index is 780. The highest BCUT2D eigenvalue weighted by Crippen LogP contribution is 2.23. The molecule has 0 spiro atoms. The Morgan fingerprint density at radius 3 is 2.77 bits per heavy atom. The number of aryl methyl sites for hydroxylation is 1. The van der Waals surface area contributed by atoms with Gasteiger partial charge >= 0.3 is 0 Å². The van der Waals surface area contributed by atoms with Gasteiger partial charge < -0.3 is 19.9 Å². The number of hydrogen-bond acceptors (Lipinski definition) is 5. The number of nitrogens with one attached hydrogen (secondary N) is 2. The molecule has 26 heavy (non-hydrogen) atoms. The SMILES string of the molecule is CCOCCOc1cccc(C(=O)NC(=S)Nc2cc(C)ccc2O)c1. The number of aromatic hydroxyl groups is 1. The molecule has 7 heteroatoms. The third-order valence-corrected chi connectivity index (χ3v) is 3.63. The number of hydrogen-bond donors (Lipinski definition) is 3. The zero-order valence-corrected chi connectivity index (χ0v) is 15.6. The highest BCUT2D eigenvalue weighted by atomic mass is 32.1. The summed E-state index contributed by atoms with van der Waals surface area (Å²) in [6, 6.07) is 11.9. The van der Waals surface area contributed by atoms with E-state index in [2.05, 4.69) is 10.6 Å². The third-order valence-electron chi connectivity index (χ3n) is 3.42. The summed E-state index contributed by atoms with van der Waals surface area (Å²) >= 11 is 5.15. The van der Waals surface area contributed by atoms with E-state index < -0.39 is 0 Å². The molecule has 2 aromatic rings. The highest BCUT2D eigenvalue weighted by molar-refractivity contribution is 7.80. The third kappa shape index (κ3) is 6.02. The minimum atomic E-state index is -0.370. The topological polar surface area (TPSA) is 79.8 Å². The molecule has 6 nitrogen and oxygen atoms in total. The Labute approximate surface area is 158 Å². The first-order valence-electron chi connectivity index (χ1n) is 8.22. The maximum absolute atomic E-state index is 12.3. The first kappa shape index (κ1) is 19.7. The van der Waals surface area contributed by atoms with E-state index >= 15 is 0 Å². The van der Waals surface area contributed by atoms with Crippen LogP contribution in [0.2, 0.25) is 0 Å². The molecule has 0 fully saturated rings. The predicted octanol–water partition coefficient (Wildman–Crippen LogP) is 3.24. The molecule has 0 bridgehead atoms. The van der Waals surface area contributed by atoms with Crippen molar-refractivity contribution in [1.29, 1.82) is 0 Å². The lowest BCUT2D eigenvalue weighted by atomic mass is 10.2. The lowest BCUT2D eigenvalue weighted by Gasteiger charge is -2.12. The monoisotopic (exact) mass is 374 g/mol. The number of phenolic OH excluding ortho intramolecular Hbond substituents is 1. The molecule has 0 aliphatic heterocycles. The molecule has 3 N–H and O–H groups in total. The van der Waals surface area contributed by atoms with Crippen LogP contribution in [0.5, 0.6) is 11.5 Å². The largest absolute Gasteiger partial charge is 0.506 e. The normalized spacial score (nSPS) is 10.2. The zero-order valence-electron chi connectivity index (χ0n) is 14.7. The van der Waals surface area contributed by atoms with Gasteiger partial charge in [-0.05, 0) is 62.0 Å². The number of rotatable bonds is 7. The van der Waals surface area contributed by atoms with E-state index in [-0.39, 0.29) is 16.8 Å². The summed E-state index contributed by atoms with van der Waals surface area (Å²) in [5.41, 5.74) is 1.80. The van der Waals surface area contributed by atoms with Gasteiger partial charge in [-0.2, -0.15) is 0 Å². The quantitative estimate of drug-likeness (QED) is 0.392. The summed E-state index contributed by atoms with van der Waals surface area (Å²) < 4.78 is 10.8. The van der Waals surface area contributed by atoms with E-state index in [0.29, 0.717) is 36.8 Å². The second kappa shape index (κ2) is 9.74. The Balaban J connectivity index is 1.94. The molecule has 0 heterocycles. The van der Waals surface area contributed by atoms with Crippen molar-refractivity contribution in [3.05, 3.63) is 53.6 Å². The molecular formula is C19H22N2O4S. The average molecular weight is 374 g/mol. The average Bonchev–Trinajstić information content (AvgIpc) is 2.62. The predicted molar refractivity (Wildman–Crippen MR) is 105 cm³/mol. The molecule has 0 unspecified atom stereocenters. The maximum Gasteiger partial charge on any atom is 0.257 e. The Morgan fingerprint density at radius 1 is 1.19 bits per heavy atom. The van der Waals surface area contributed by atoms with Crippen LogP contribution in [0.3, 0.4) is 0 Å². The molecule has 2 rings (SSSR count). The van der Waals surface area contributed by atoms with Crippen molar-refractivity contribution >= 4 is 28.9 Å². The van der Waals surface area contributed by atoms with Gasteiger partial charge in [0.05, 0.1) is 12.3 Å². The van der Waals surface area contributed by atoms with E-state index in [1.54, 1.807) is 42.5 Å². The van der Waals surface area contributed by atoms with E-state index in [1.807, 2.05) is 13.8 Å². The van der Waals surface area contributed by atoms with Crippen molar-refractivity contribution in [2.75, 3.05) is 25.1 Å². The molecule has 0 saturated heterocycles. The van der Waals surface area contributed by atoms with Gasteiger partial charge in [-0.3, -0.25) is 10.1 Å². The van der Waals surface area contributed by atoms with Crippen molar-refractivity contribution in [3.8, 4) is 11.5 Å². The number of anilines is 1. The van der Waals surface area contributed by atoms with Crippen LogP contribution in [0, 0.1) is 6.92 Å². The van der Waals surface area contributed by atoms with Gasteiger partial charge in [0.15, 0.2) is 5.11 Å². The first-order valence-corrected chi connectivity index (χ1v) is 8.63. The Kier molecular flexibility index (Phi) is 7.37. The van der Waals surface area contributed by atoms with Gasteiger partial charge in [0, 0.05) is 12.2 Å². The zero-order chi connectivity index (χ0) is 18.9. The van der Waals surface area contributed by atoms with Crippen LogP contribution < -0.4 is 15.4 Å². The molecule has 1 amide bonds. The lowest BCUT2D eigenvalue weighted by molar-refractivity contribution is 0.0976. The van der Waals surface area contributed by atoms with E-state index in [9.17, 15) is 9.90 Å². The fraction of sp³-hybridized carbons (Fsp3) is 0.263. The maximum atomic E-state index is 12.3. The molecule has 0 aliphatic rings. The molecular weight excluding hydrogens is 352 g/mol. The molecule has 2 aromatic carbocycles. The van der Waals surface area contributed by atoms with Crippen LogP contribution in [0.25, 0.3) is 0 Å². The minimum absolute atomic E-state index is 0.0527. The minimum Gasteiger partial charge on any atom is -0.506 e. The number of carbonyl (C=O) groups excluding carboxylic acids is 1. The highest BCUT2D eigenvalue weighted by Gasteiger charge is 2.10. The van der Waals surface area contributed by atoms with Crippen LogP contribution in [-0.2, 0) is 4.74 Å². The molecule has 0 saturated carbocycles. The fourth-order valence-electron chi connectivity index (χ4n) is 2.17. The summed E-state index contributed by atoms with van der Waals surface area (Å²) in [6.07, 6.45) is 0. The van der Waals surface area contributed by atoms with Crippen LogP contribution in [0.15, 0.2) is 42.5 Å². The second-order valence-corrected chi connectivity index (χ2v) is 5.91. The first-order chi connectivity index (χ1) is 12.5. The molecule has 0 radical (unpaired) electrons. The van der Waals surface area contributed by atoms with Crippen molar-refractivity contribution in [3.63, 3.8) is 0 Å². The van der Waals surface area contributed by atoms with Crippen LogP contribution in [0.4, 0.5) is 5.69 Å². The molecule has 138 valence electrons. The van der Waals surface area contributed by atoms with Gasteiger partial charge in [-0.15, -0.1) is 0 Å². The Hall–Kier alpha value is -2.64. The number of ether oxygens (including phenoxy) is 2. The Morgan fingerprint density at radius 2 is 2.00 bits per heavy atom. The van der Waals surface area contributed by atoms with Crippen LogP contribution in [0.1, 0.15) is 22.8 Å². The van der Waals surface area contributed by atoms with Crippen LogP contribution >= 0.6 is 12.2 Å². The lowest BCUT2D eigenvalue weighted by Crippen LogP contribution is -2.34. The van der Waals surface area contributed by atoms with Gasteiger partial charge in [0.2, 0.25) is 0 Å². The summed E-state index contributed by atoms with van der Waals surface area (Å²) in [5, 5.41) is 15.3. The number of amides is 1. The fourth-order valence-corrected chi connectivity index (χ4v) is 2.37. The van der Waals surface area contributed by atoms with Gasteiger partial charge in [-0.1, -0.05) is 12.1 Å². The van der Waals surface area contributed by atoms with Crippen LogP contribution in [-0.4, -0.2) is 35.9 Å². The van der Waals surface area contributed by atoms with Gasteiger partial charge in [0.1, 0.15) is 18.1 Å². The van der Waals surface area contributed by atoms with E-state index in [4.69, 9.17) is 21.7 Å². The standard InChI is InChI=1S/C19H22N2O4S/c1-3-24-9-10-25-15-6-4-5-14(12-15)18(23)21-19(26)20-16-11-13(2)7-8-17(16)22/h4-8,11-12,22H,3,9-10H2,1-2H3,(H2,20,21,23,26). The smallest absolute Gasteiger partial charge is 0.257 e. The summed E-state index contributed by atoms with van der Waals surface area (Å²) in [5.74, 6) is 0.259. The van der Waals surface area contributed by atoms with Gasteiger partial charge in [0.25, 0.3) is 5.91 Å². The number of benzene rings is 2. The van der Waals surface area contributed by atoms with Gasteiger partial charge in [-0.25, -0.2) is 0 Å². The molecule has 0 atom stereocenters. The summed E-state index contributed by atoms with van der Waals surface area (Å²) in [4.78, 5) is 12.3.